The number of unbranched alkanes of at least 4 members (excludes halogenated alkanes) is 2. The maximum absolute atomic E-state index is 12.2. The molecule has 0 bridgehead atoms. The standard InChI is InChI=1S/C15H17NO4/c1-2-3-4-7-16-9-8-12(19)13-10(17)5-6-11(18)14(13)15(9)20/h5-6,8,16-18H,2-4,7H2,1H3. The third-order valence-electron chi connectivity index (χ3n) is 3.25. The Balaban J connectivity index is 2.26. The second-order valence-electron chi connectivity index (χ2n) is 4.74. The summed E-state index contributed by atoms with van der Waals surface area (Å²) in [4.78, 5) is 24.2. The van der Waals surface area contributed by atoms with Crippen LogP contribution in [0.3, 0.4) is 0 Å². The highest BCUT2D eigenvalue weighted by atomic mass is 16.3. The summed E-state index contributed by atoms with van der Waals surface area (Å²) in [5, 5.41) is 22.3. The zero-order valence-corrected chi connectivity index (χ0v) is 11.3. The smallest absolute Gasteiger partial charge is 0.213 e. The fraction of sp³-hybridized carbons (Fsp3) is 0.333. The van der Waals surface area contributed by atoms with Gasteiger partial charge in [-0.15, -0.1) is 0 Å². The Morgan fingerprint density at radius 2 is 1.70 bits per heavy atom. The molecule has 0 unspecified atom stereocenters. The van der Waals surface area contributed by atoms with Crippen LogP contribution in [0, 0.1) is 0 Å². The van der Waals surface area contributed by atoms with Gasteiger partial charge in [-0.25, -0.2) is 0 Å². The van der Waals surface area contributed by atoms with E-state index in [1.807, 2.05) is 0 Å². The molecule has 5 heteroatoms. The van der Waals surface area contributed by atoms with Crippen LogP contribution in [0.15, 0.2) is 23.9 Å². The predicted octanol–water partition coefficient (Wildman–Crippen LogP) is 2.14. The molecular weight excluding hydrogens is 258 g/mol. The fourth-order valence-corrected chi connectivity index (χ4v) is 2.19. The summed E-state index contributed by atoms with van der Waals surface area (Å²) in [7, 11) is 0. The van der Waals surface area contributed by atoms with Gasteiger partial charge in [-0.05, 0) is 18.6 Å². The summed E-state index contributed by atoms with van der Waals surface area (Å²) in [5.74, 6) is -1.54. The molecule has 0 heterocycles. The second-order valence-corrected chi connectivity index (χ2v) is 4.74. The number of phenols is 2. The van der Waals surface area contributed by atoms with E-state index in [9.17, 15) is 19.8 Å². The Kier molecular flexibility index (Phi) is 4.08. The number of nitrogens with one attached hydrogen (secondary N) is 1. The summed E-state index contributed by atoms with van der Waals surface area (Å²) in [6.45, 7) is 2.67. The number of fused-ring (bicyclic) bond motifs is 1. The van der Waals surface area contributed by atoms with Crippen molar-refractivity contribution in [3.63, 3.8) is 0 Å². The zero-order valence-electron chi connectivity index (χ0n) is 11.3. The molecule has 106 valence electrons. The number of carbonyl (C=O) groups is 2. The third kappa shape index (κ3) is 2.52. The molecule has 0 fully saturated rings. The lowest BCUT2D eigenvalue weighted by Crippen LogP contribution is -2.27. The number of Topliss-reactive ketones (excluding diaryl/α,β-unsaturated/α-hetero) is 1. The molecule has 0 spiro atoms. The van der Waals surface area contributed by atoms with Crippen LogP contribution in [0.1, 0.15) is 46.9 Å². The maximum Gasteiger partial charge on any atom is 0.213 e. The van der Waals surface area contributed by atoms with Crippen molar-refractivity contribution in [1.82, 2.24) is 5.32 Å². The summed E-state index contributed by atoms with van der Waals surface area (Å²) in [6, 6.07) is 2.41. The van der Waals surface area contributed by atoms with Crippen molar-refractivity contribution in [3.05, 3.63) is 35.0 Å². The van der Waals surface area contributed by atoms with Gasteiger partial charge in [0.25, 0.3) is 0 Å². The van der Waals surface area contributed by atoms with E-state index in [0.717, 1.165) is 19.3 Å². The zero-order chi connectivity index (χ0) is 14.7. The van der Waals surface area contributed by atoms with E-state index in [1.165, 1.54) is 18.2 Å². The molecule has 0 amide bonds. The van der Waals surface area contributed by atoms with E-state index in [1.54, 1.807) is 0 Å². The van der Waals surface area contributed by atoms with Crippen molar-refractivity contribution < 1.29 is 19.8 Å². The summed E-state index contributed by atoms with van der Waals surface area (Å²) >= 11 is 0. The molecule has 1 aromatic rings. The van der Waals surface area contributed by atoms with Gasteiger partial charge in [-0.1, -0.05) is 19.8 Å². The predicted molar refractivity (Wildman–Crippen MR) is 74.0 cm³/mol. The maximum atomic E-state index is 12.2. The van der Waals surface area contributed by atoms with Crippen LogP contribution in [0.2, 0.25) is 0 Å². The lowest BCUT2D eigenvalue weighted by Gasteiger charge is -2.18. The minimum Gasteiger partial charge on any atom is -0.507 e. The van der Waals surface area contributed by atoms with Crippen LogP contribution in [-0.4, -0.2) is 28.3 Å². The summed E-state index contributed by atoms with van der Waals surface area (Å²) in [5.41, 5.74) is -0.0934. The minimum atomic E-state index is -0.481. The Labute approximate surface area is 116 Å². The van der Waals surface area contributed by atoms with E-state index in [0.29, 0.717) is 6.54 Å². The number of hydrogen-bond donors (Lipinski definition) is 3. The van der Waals surface area contributed by atoms with Crippen LogP contribution in [0.4, 0.5) is 0 Å². The van der Waals surface area contributed by atoms with E-state index in [2.05, 4.69) is 12.2 Å². The van der Waals surface area contributed by atoms with E-state index >= 15 is 0 Å². The Hall–Kier alpha value is -2.30. The van der Waals surface area contributed by atoms with Gasteiger partial charge in [0.05, 0.1) is 16.8 Å². The first-order valence-corrected chi connectivity index (χ1v) is 6.65. The molecule has 1 aliphatic carbocycles. The number of phenolic OH excluding ortho intramolecular Hbond substituents is 2. The van der Waals surface area contributed by atoms with Crippen LogP contribution in [-0.2, 0) is 0 Å². The van der Waals surface area contributed by atoms with Gasteiger partial charge in [-0.2, -0.15) is 0 Å². The molecule has 0 aliphatic heterocycles. The van der Waals surface area contributed by atoms with Crippen molar-refractivity contribution in [2.45, 2.75) is 26.2 Å². The molecule has 1 aromatic carbocycles. The number of hydrogen-bond acceptors (Lipinski definition) is 5. The largest absolute Gasteiger partial charge is 0.507 e. The van der Waals surface area contributed by atoms with E-state index in [-0.39, 0.29) is 28.3 Å². The highest BCUT2D eigenvalue weighted by molar-refractivity contribution is 6.26. The van der Waals surface area contributed by atoms with Gasteiger partial charge >= 0.3 is 0 Å². The minimum absolute atomic E-state index is 0.129. The van der Waals surface area contributed by atoms with E-state index < -0.39 is 11.6 Å². The highest BCUT2D eigenvalue weighted by Crippen LogP contribution is 2.33. The number of ketones is 2. The van der Waals surface area contributed by atoms with Crippen molar-refractivity contribution in [2.24, 2.45) is 0 Å². The molecule has 0 saturated carbocycles. The molecule has 2 rings (SSSR count). The molecule has 20 heavy (non-hydrogen) atoms. The SMILES string of the molecule is CCCCCNC1=CC(=O)c2c(O)ccc(O)c2C1=O. The van der Waals surface area contributed by atoms with Gasteiger partial charge in [0.2, 0.25) is 5.78 Å². The first-order chi connectivity index (χ1) is 9.56. The Bertz CT molecular complexity index is 590. The first kappa shape index (κ1) is 14.1. The molecule has 0 atom stereocenters. The highest BCUT2D eigenvalue weighted by Gasteiger charge is 2.30. The lowest BCUT2D eigenvalue weighted by atomic mass is 9.91. The van der Waals surface area contributed by atoms with Crippen LogP contribution >= 0.6 is 0 Å². The van der Waals surface area contributed by atoms with Crippen LogP contribution < -0.4 is 5.32 Å². The Morgan fingerprint density at radius 1 is 1.05 bits per heavy atom. The number of allylic oxidation sites excluding steroid dienone is 2. The van der Waals surface area contributed by atoms with Gasteiger partial charge < -0.3 is 15.5 Å². The quantitative estimate of drug-likeness (QED) is 0.566. The Morgan fingerprint density at radius 3 is 2.35 bits per heavy atom. The van der Waals surface area contributed by atoms with Crippen molar-refractivity contribution >= 4 is 11.6 Å². The monoisotopic (exact) mass is 275 g/mol. The third-order valence-corrected chi connectivity index (χ3v) is 3.25. The molecule has 0 aromatic heterocycles. The van der Waals surface area contributed by atoms with Gasteiger partial charge in [0, 0.05) is 12.6 Å². The van der Waals surface area contributed by atoms with Crippen molar-refractivity contribution in [2.75, 3.05) is 6.54 Å². The summed E-state index contributed by atoms with van der Waals surface area (Å²) < 4.78 is 0. The molecule has 0 radical (unpaired) electrons. The summed E-state index contributed by atoms with van der Waals surface area (Å²) in [6.07, 6.45) is 4.17. The van der Waals surface area contributed by atoms with Crippen LogP contribution in [0.5, 0.6) is 11.5 Å². The molecule has 3 N–H and O–H groups in total. The van der Waals surface area contributed by atoms with Crippen molar-refractivity contribution in [1.29, 1.82) is 0 Å². The lowest BCUT2D eigenvalue weighted by molar-refractivity contribution is 0.0973. The normalized spacial score (nSPS) is 13.9. The topological polar surface area (TPSA) is 86.6 Å². The second kappa shape index (κ2) is 5.77. The fourth-order valence-electron chi connectivity index (χ4n) is 2.19. The van der Waals surface area contributed by atoms with Crippen molar-refractivity contribution in [3.8, 4) is 11.5 Å². The number of rotatable bonds is 5. The average Bonchev–Trinajstić information content (AvgIpc) is 2.42. The first-order valence-electron chi connectivity index (χ1n) is 6.65. The molecule has 0 saturated heterocycles. The average molecular weight is 275 g/mol. The van der Waals surface area contributed by atoms with Gasteiger partial charge in [-0.3, -0.25) is 9.59 Å². The van der Waals surface area contributed by atoms with E-state index in [4.69, 9.17) is 0 Å². The molecule has 1 aliphatic rings. The molecule has 5 nitrogen and oxygen atoms in total. The molecular formula is C15H17NO4. The number of aromatic hydroxyl groups is 2. The number of benzene rings is 1. The van der Waals surface area contributed by atoms with Gasteiger partial charge in [0.1, 0.15) is 11.5 Å². The number of carbonyl (C=O) groups excluding carboxylic acids is 2. The van der Waals surface area contributed by atoms with Gasteiger partial charge in [0.15, 0.2) is 5.78 Å². The van der Waals surface area contributed by atoms with Crippen LogP contribution in [0.25, 0.3) is 0 Å².